The van der Waals surface area contributed by atoms with E-state index in [0.29, 0.717) is 6.61 Å². The highest BCUT2D eigenvalue weighted by molar-refractivity contribution is 7.94. The summed E-state index contributed by atoms with van der Waals surface area (Å²) >= 11 is 0. The molecule has 1 aliphatic carbocycles. The molecule has 4 heteroatoms. The minimum absolute atomic E-state index is 0.00915. The van der Waals surface area contributed by atoms with Crippen molar-refractivity contribution < 1.29 is 13.7 Å². The molecule has 2 aromatic rings. The van der Waals surface area contributed by atoms with Gasteiger partial charge in [0.25, 0.3) is 0 Å². The summed E-state index contributed by atoms with van der Waals surface area (Å²) in [6, 6.07) is 16.1. The summed E-state index contributed by atoms with van der Waals surface area (Å²) in [5.41, 5.74) is 5.27. The van der Waals surface area contributed by atoms with Crippen LogP contribution in [0.3, 0.4) is 0 Å². The van der Waals surface area contributed by atoms with E-state index in [1.54, 1.807) is 6.92 Å². The molecule has 2 aromatic carbocycles. The van der Waals surface area contributed by atoms with Crippen molar-refractivity contribution in [1.29, 1.82) is 0 Å². The van der Waals surface area contributed by atoms with Gasteiger partial charge in [0.1, 0.15) is 0 Å². The number of esters is 1. The molecule has 0 spiro atoms. The highest BCUT2D eigenvalue weighted by atomic mass is 32.2. The first-order valence-electron chi connectivity index (χ1n) is 11.2. The van der Waals surface area contributed by atoms with E-state index in [2.05, 4.69) is 45.0 Å². The lowest BCUT2D eigenvalue weighted by Crippen LogP contribution is -2.22. The predicted octanol–water partition coefficient (Wildman–Crippen LogP) is 6.99. The van der Waals surface area contributed by atoms with Crippen molar-refractivity contribution in [1.82, 2.24) is 0 Å². The van der Waals surface area contributed by atoms with Crippen molar-refractivity contribution in [3.8, 4) is 0 Å². The Kier molecular flexibility index (Phi) is 8.04. The molecule has 0 radical (unpaired) electrons. The second kappa shape index (κ2) is 10.8. The Labute approximate surface area is 200 Å². The minimum Gasteiger partial charge on any atom is -0.463 e. The molecule has 0 amide bonds. The highest BCUT2D eigenvalue weighted by Gasteiger charge is 2.30. The molecular weight excluding hydrogens is 428 g/mol. The number of carbonyl (C=O) groups is 1. The molecule has 0 saturated carbocycles. The zero-order valence-electron chi connectivity index (χ0n) is 20.1. The van der Waals surface area contributed by atoms with Gasteiger partial charge in [-0.3, -0.25) is 0 Å². The lowest BCUT2D eigenvalue weighted by atomic mass is 9.75. The molecule has 3 nitrogen and oxygen atoms in total. The van der Waals surface area contributed by atoms with Crippen LogP contribution in [0.1, 0.15) is 57.7 Å². The number of rotatable bonds is 7. The van der Waals surface area contributed by atoms with Gasteiger partial charge < -0.3 is 4.74 Å². The van der Waals surface area contributed by atoms with E-state index in [1.165, 1.54) is 11.6 Å². The van der Waals surface area contributed by atoms with E-state index in [9.17, 15) is 9.00 Å². The summed E-state index contributed by atoms with van der Waals surface area (Å²) < 4.78 is 18.4. The number of fused-ring (bicyclic) bond motifs is 1. The minimum atomic E-state index is -1.23. The van der Waals surface area contributed by atoms with Gasteiger partial charge in [-0.2, -0.15) is 0 Å². The molecule has 1 aliphatic rings. The average Bonchev–Trinajstić information content (AvgIpc) is 2.79. The molecule has 0 fully saturated rings. The summed E-state index contributed by atoms with van der Waals surface area (Å²) in [6.45, 7) is 10.5. The van der Waals surface area contributed by atoms with Crippen LogP contribution in [0.5, 0.6) is 0 Å². The number of ether oxygens (including phenoxy) is 1. The van der Waals surface area contributed by atoms with Crippen molar-refractivity contribution in [3.05, 3.63) is 101 Å². The Bertz CT molecular complexity index is 1160. The maximum atomic E-state index is 13.4. The number of hydrogen-bond acceptors (Lipinski definition) is 3. The lowest BCUT2D eigenvalue weighted by molar-refractivity contribution is -0.137. The molecule has 0 N–H and O–H groups in total. The summed E-state index contributed by atoms with van der Waals surface area (Å²) in [4.78, 5) is 13.3. The smallest absolute Gasteiger partial charge is 0.330 e. The normalized spacial score (nSPS) is 16.8. The van der Waals surface area contributed by atoms with E-state index in [1.807, 2.05) is 55.5 Å². The van der Waals surface area contributed by atoms with Crippen LogP contribution in [0, 0.1) is 0 Å². The first kappa shape index (κ1) is 24.7. The van der Waals surface area contributed by atoms with Crippen LogP contribution in [0.4, 0.5) is 0 Å². The van der Waals surface area contributed by atoms with Crippen LogP contribution in [-0.2, 0) is 25.7 Å². The zero-order valence-corrected chi connectivity index (χ0v) is 20.9. The fraction of sp³-hybridized carbons (Fsp3) is 0.276. The van der Waals surface area contributed by atoms with Crippen LogP contribution < -0.4 is 0 Å². The van der Waals surface area contributed by atoms with Crippen LogP contribution >= 0.6 is 0 Å². The molecule has 172 valence electrons. The van der Waals surface area contributed by atoms with Gasteiger partial charge >= 0.3 is 5.97 Å². The summed E-state index contributed by atoms with van der Waals surface area (Å²) in [6.07, 6.45) is 10.3. The Hall–Kier alpha value is -2.98. The lowest BCUT2D eigenvalue weighted by Gasteiger charge is -2.32. The second-order valence-corrected chi connectivity index (χ2v) is 10.3. The number of hydrogen-bond donors (Lipinski definition) is 0. The quantitative estimate of drug-likeness (QED) is 0.254. The molecule has 1 unspecified atom stereocenters. The predicted molar refractivity (Wildman–Crippen MR) is 138 cm³/mol. The van der Waals surface area contributed by atoms with Crippen LogP contribution in [0.2, 0.25) is 0 Å². The van der Waals surface area contributed by atoms with Crippen molar-refractivity contribution in [3.63, 3.8) is 0 Å². The molecule has 33 heavy (non-hydrogen) atoms. The summed E-state index contributed by atoms with van der Waals surface area (Å²) in [5.74, 6) is -0.330. The second-order valence-electron chi connectivity index (χ2n) is 8.85. The largest absolute Gasteiger partial charge is 0.463 e. The van der Waals surface area contributed by atoms with E-state index in [-0.39, 0.29) is 11.4 Å². The molecule has 0 heterocycles. The topological polar surface area (TPSA) is 43.4 Å². The third-order valence-corrected chi connectivity index (χ3v) is 7.25. The summed E-state index contributed by atoms with van der Waals surface area (Å²) in [7, 11) is -1.23. The number of benzene rings is 2. The average molecular weight is 461 g/mol. The Balaban J connectivity index is 1.92. The van der Waals surface area contributed by atoms with Crippen molar-refractivity contribution in [2.45, 2.75) is 51.3 Å². The molecular formula is C29H32O3S. The zero-order chi connectivity index (χ0) is 24.0. The van der Waals surface area contributed by atoms with E-state index < -0.39 is 10.8 Å². The highest BCUT2D eigenvalue weighted by Crippen LogP contribution is 2.42. The van der Waals surface area contributed by atoms with Crippen molar-refractivity contribution >= 4 is 27.2 Å². The Morgan fingerprint density at radius 2 is 1.85 bits per heavy atom. The SMILES string of the molecule is CCOC(=O)/C=C(C)/C=C/C=C(\C)c1ccc2c(c1)C(S(=O)c1ccccc1)=CCC2(C)C. The van der Waals surface area contributed by atoms with Gasteiger partial charge in [-0.05, 0) is 78.6 Å². The van der Waals surface area contributed by atoms with Gasteiger partial charge in [0, 0.05) is 15.9 Å². The Morgan fingerprint density at radius 3 is 2.55 bits per heavy atom. The van der Waals surface area contributed by atoms with Crippen LogP contribution in [0.25, 0.3) is 10.5 Å². The van der Waals surface area contributed by atoms with Gasteiger partial charge in [-0.15, -0.1) is 0 Å². The summed E-state index contributed by atoms with van der Waals surface area (Å²) in [5, 5.41) is 0. The van der Waals surface area contributed by atoms with Gasteiger partial charge in [0.2, 0.25) is 0 Å². The fourth-order valence-electron chi connectivity index (χ4n) is 3.86. The maximum absolute atomic E-state index is 13.4. The van der Waals surface area contributed by atoms with Crippen molar-refractivity contribution in [2.24, 2.45) is 0 Å². The van der Waals surface area contributed by atoms with Gasteiger partial charge in [0.05, 0.1) is 17.4 Å². The standard InChI is InChI=1S/C29H32O3S/c1-6-32-28(30)19-21(2)11-10-12-22(3)23-15-16-26-25(20-23)27(17-18-29(26,4)5)33(31)24-13-8-7-9-14-24/h7-17,19-20H,6,18H2,1-5H3/b11-10+,21-19+,22-12+. The number of carbonyl (C=O) groups excluding carboxylic acids is 1. The maximum Gasteiger partial charge on any atom is 0.330 e. The molecule has 0 aliphatic heterocycles. The van der Waals surface area contributed by atoms with Crippen LogP contribution in [0.15, 0.2) is 89.4 Å². The first-order chi connectivity index (χ1) is 15.7. The monoisotopic (exact) mass is 460 g/mol. The van der Waals surface area contributed by atoms with Gasteiger partial charge in [-0.1, -0.05) is 68.5 Å². The van der Waals surface area contributed by atoms with E-state index in [4.69, 9.17) is 4.74 Å². The molecule has 0 saturated heterocycles. The van der Waals surface area contributed by atoms with Gasteiger partial charge in [0.15, 0.2) is 0 Å². The van der Waals surface area contributed by atoms with Crippen LogP contribution in [-0.4, -0.2) is 16.8 Å². The van der Waals surface area contributed by atoms with E-state index in [0.717, 1.165) is 38.5 Å². The molecule has 3 rings (SSSR count). The Morgan fingerprint density at radius 1 is 1.12 bits per heavy atom. The molecule has 0 bridgehead atoms. The third-order valence-electron chi connectivity index (χ3n) is 5.76. The molecule has 0 aromatic heterocycles. The number of allylic oxidation sites excluding steroid dienone is 6. The third kappa shape index (κ3) is 6.08. The van der Waals surface area contributed by atoms with Gasteiger partial charge in [-0.25, -0.2) is 9.00 Å². The van der Waals surface area contributed by atoms with Crippen molar-refractivity contribution in [2.75, 3.05) is 6.61 Å². The first-order valence-corrected chi connectivity index (χ1v) is 12.4. The fourth-order valence-corrected chi connectivity index (χ4v) is 5.12. The molecule has 1 atom stereocenters. The van der Waals surface area contributed by atoms with E-state index >= 15 is 0 Å².